The lowest BCUT2D eigenvalue weighted by Crippen LogP contribution is -2.36. The Morgan fingerprint density at radius 3 is 2.44 bits per heavy atom. The maximum Gasteiger partial charge on any atom is 0.328 e. The lowest BCUT2D eigenvalue weighted by atomic mass is 9.80. The van der Waals surface area contributed by atoms with E-state index < -0.39 is 11.2 Å². The van der Waals surface area contributed by atoms with Crippen LogP contribution in [0.15, 0.2) is 15.8 Å². The van der Waals surface area contributed by atoms with Gasteiger partial charge < -0.3 is 0 Å². The summed E-state index contributed by atoms with van der Waals surface area (Å²) in [6.07, 6.45) is 4.40. The zero-order chi connectivity index (χ0) is 13.3. The average Bonchev–Trinajstić information content (AvgIpc) is 2.27. The molecule has 0 aromatic carbocycles. The van der Waals surface area contributed by atoms with E-state index in [1.807, 2.05) is 6.07 Å². The number of nitrogens with zero attached hydrogens (tertiary/aromatic N) is 2. The van der Waals surface area contributed by atoms with Gasteiger partial charge in [-0.25, -0.2) is 4.79 Å². The van der Waals surface area contributed by atoms with E-state index in [2.05, 4.69) is 18.8 Å². The van der Waals surface area contributed by atoms with Crippen molar-refractivity contribution in [2.24, 2.45) is 11.8 Å². The Bertz CT molecular complexity index is 583. The molecule has 1 heterocycles. The quantitative estimate of drug-likeness (QED) is 0.814. The monoisotopic (exact) mass is 247 g/mol. The molecule has 2 atom stereocenters. The standard InChI is InChI=1S/C13H17N3O2/c1-8-3-9(2)5-11(4-8)16-7-10(6-14)12(17)15-13(16)18/h7-9,11H,3-5H2,1-2H3,(H,15,17,18). The van der Waals surface area contributed by atoms with Gasteiger partial charge in [0.25, 0.3) is 5.56 Å². The minimum atomic E-state index is -0.601. The van der Waals surface area contributed by atoms with Gasteiger partial charge in [0.1, 0.15) is 11.6 Å². The Labute approximate surface area is 105 Å². The van der Waals surface area contributed by atoms with Crippen molar-refractivity contribution in [1.29, 1.82) is 5.26 Å². The van der Waals surface area contributed by atoms with Crippen LogP contribution in [0.5, 0.6) is 0 Å². The summed E-state index contributed by atoms with van der Waals surface area (Å²) < 4.78 is 1.52. The van der Waals surface area contributed by atoms with E-state index in [1.54, 1.807) is 0 Å². The molecule has 1 aromatic rings. The third kappa shape index (κ3) is 2.37. The van der Waals surface area contributed by atoms with Gasteiger partial charge >= 0.3 is 5.69 Å². The lowest BCUT2D eigenvalue weighted by molar-refractivity contribution is 0.216. The van der Waals surface area contributed by atoms with Crippen LogP contribution in [0.4, 0.5) is 0 Å². The fourth-order valence-electron chi connectivity index (χ4n) is 2.97. The minimum Gasteiger partial charge on any atom is -0.296 e. The molecule has 1 aliphatic carbocycles. The van der Waals surface area contributed by atoms with Crippen molar-refractivity contribution in [3.05, 3.63) is 32.6 Å². The predicted octanol–water partition coefficient (Wildman–Crippen LogP) is 1.41. The fourth-order valence-corrected chi connectivity index (χ4v) is 2.97. The largest absolute Gasteiger partial charge is 0.328 e. The highest BCUT2D eigenvalue weighted by atomic mass is 16.2. The van der Waals surface area contributed by atoms with Gasteiger partial charge in [0.15, 0.2) is 0 Å². The summed E-state index contributed by atoms with van der Waals surface area (Å²) in [5.41, 5.74) is -1.01. The highest BCUT2D eigenvalue weighted by Gasteiger charge is 2.26. The third-order valence-electron chi connectivity index (χ3n) is 3.64. The summed E-state index contributed by atoms with van der Waals surface area (Å²) in [5, 5.41) is 8.85. The molecule has 18 heavy (non-hydrogen) atoms. The van der Waals surface area contributed by atoms with Crippen molar-refractivity contribution in [1.82, 2.24) is 9.55 Å². The summed E-state index contributed by atoms with van der Waals surface area (Å²) in [7, 11) is 0. The normalized spacial score (nSPS) is 27.7. The first-order chi connectivity index (χ1) is 8.51. The summed E-state index contributed by atoms with van der Waals surface area (Å²) >= 11 is 0. The molecule has 1 saturated carbocycles. The highest BCUT2D eigenvalue weighted by Crippen LogP contribution is 2.34. The molecule has 2 rings (SSSR count). The second-order valence-corrected chi connectivity index (χ2v) is 5.39. The van der Waals surface area contributed by atoms with Crippen LogP contribution in [-0.2, 0) is 0 Å². The molecule has 96 valence electrons. The van der Waals surface area contributed by atoms with Crippen LogP contribution >= 0.6 is 0 Å². The fraction of sp³-hybridized carbons (Fsp3) is 0.615. The molecule has 0 aliphatic heterocycles. The van der Waals surface area contributed by atoms with Crippen LogP contribution in [0.2, 0.25) is 0 Å². The molecule has 0 bridgehead atoms. The number of rotatable bonds is 1. The second-order valence-electron chi connectivity index (χ2n) is 5.39. The Balaban J connectivity index is 2.42. The number of aromatic nitrogens is 2. The Kier molecular flexibility index (Phi) is 3.37. The minimum absolute atomic E-state index is 0.000444. The summed E-state index contributed by atoms with van der Waals surface area (Å²) in [4.78, 5) is 25.4. The maximum atomic E-state index is 11.8. The van der Waals surface area contributed by atoms with Gasteiger partial charge in [-0.05, 0) is 31.1 Å². The van der Waals surface area contributed by atoms with E-state index in [4.69, 9.17) is 5.26 Å². The summed E-state index contributed by atoms with van der Waals surface area (Å²) in [6, 6.07) is 1.90. The van der Waals surface area contributed by atoms with Gasteiger partial charge in [-0.15, -0.1) is 0 Å². The van der Waals surface area contributed by atoms with E-state index in [9.17, 15) is 9.59 Å². The highest BCUT2D eigenvalue weighted by molar-refractivity contribution is 5.22. The van der Waals surface area contributed by atoms with Crippen LogP contribution in [-0.4, -0.2) is 9.55 Å². The molecule has 2 unspecified atom stereocenters. The SMILES string of the molecule is CC1CC(C)CC(n2cc(C#N)c(=O)[nH]c2=O)C1. The molecule has 5 nitrogen and oxygen atoms in total. The van der Waals surface area contributed by atoms with Crippen molar-refractivity contribution in [2.45, 2.75) is 39.2 Å². The lowest BCUT2D eigenvalue weighted by Gasteiger charge is -2.32. The van der Waals surface area contributed by atoms with Crippen molar-refractivity contribution < 1.29 is 0 Å². The van der Waals surface area contributed by atoms with E-state index in [-0.39, 0.29) is 11.6 Å². The number of nitriles is 1. The molecule has 0 saturated heterocycles. The number of aromatic amines is 1. The van der Waals surface area contributed by atoms with Crippen molar-refractivity contribution >= 4 is 0 Å². The first-order valence-corrected chi connectivity index (χ1v) is 6.26. The van der Waals surface area contributed by atoms with Gasteiger partial charge in [0.2, 0.25) is 0 Å². The third-order valence-corrected chi connectivity index (χ3v) is 3.64. The Morgan fingerprint density at radius 2 is 1.89 bits per heavy atom. The molecular formula is C13H17N3O2. The van der Waals surface area contributed by atoms with Crippen LogP contribution in [0, 0.1) is 23.2 Å². The second kappa shape index (κ2) is 4.81. The van der Waals surface area contributed by atoms with Crippen LogP contribution in [0.3, 0.4) is 0 Å². The zero-order valence-electron chi connectivity index (χ0n) is 10.6. The van der Waals surface area contributed by atoms with Gasteiger partial charge in [0, 0.05) is 12.2 Å². The molecule has 0 amide bonds. The van der Waals surface area contributed by atoms with E-state index in [1.165, 1.54) is 17.2 Å². The molecule has 1 aromatic heterocycles. The van der Waals surface area contributed by atoms with Gasteiger partial charge in [-0.2, -0.15) is 5.26 Å². The smallest absolute Gasteiger partial charge is 0.296 e. The molecule has 5 heteroatoms. The van der Waals surface area contributed by atoms with E-state index in [0.29, 0.717) is 11.8 Å². The predicted molar refractivity (Wildman–Crippen MR) is 67.3 cm³/mol. The van der Waals surface area contributed by atoms with E-state index in [0.717, 1.165) is 12.8 Å². The Morgan fingerprint density at radius 1 is 1.28 bits per heavy atom. The Hall–Kier alpha value is -1.83. The molecule has 1 N–H and O–H groups in total. The maximum absolute atomic E-state index is 11.8. The zero-order valence-corrected chi connectivity index (χ0v) is 10.6. The van der Waals surface area contributed by atoms with Crippen molar-refractivity contribution in [3.63, 3.8) is 0 Å². The number of hydrogen-bond acceptors (Lipinski definition) is 3. The van der Waals surface area contributed by atoms with Crippen molar-refractivity contribution in [3.8, 4) is 6.07 Å². The molecular weight excluding hydrogens is 230 g/mol. The first-order valence-electron chi connectivity index (χ1n) is 6.26. The molecule has 0 spiro atoms. The average molecular weight is 247 g/mol. The topological polar surface area (TPSA) is 78.7 Å². The number of nitrogens with one attached hydrogen (secondary N) is 1. The molecule has 1 aliphatic rings. The van der Waals surface area contributed by atoms with Gasteiger partial charge in [-0.1, -0.05) is 13.8 Å². The van der Waals surface area contributed by atoms with Crippen LogP contribution in [0.1, 0.15) is 44.7 Å². The van der Waals surface area contributed by atoms with E-state index >= 15 is 0 Å². The molecule has 0 radical (unpaired) electrons. The van der Waals surface area contributed by atoms with Crippen LogP contribution in [0.25, 0.3) is 0 Å². The molecule has 1 fully saturated rings. The number of hydrogen-bond donors (Lipinski definition) is 1. The number of H-pyrrole nitrogens is 1. The summed E-state index contributed by atoms with van der Waals surface area (Å²) in [5.74, 6) is 1.12. The van der Waals surface area contributed by atoms with Gasteiger partial charge in [0.05, 0.1) is 0 Å². The van der Waals surface area contributed by atoms with Crippen molar-refractivity contribution in [2.75, 3.05) is 0 Å². The van der Waals surface area contributed by atoms with Gasteiger partial charge in [-0.3, -0.25) is 14.3 Å². The van der Waals surface area contributed by atoms with Crippen LogP contribution < -0.4 is 11.2 Å². The summed E-state index contributed by atoms with van der Waals surface area (Å²) in [6.45, 7) is 4.34. The first kappa shape index (κ1) is 12.6.